The highest BCUT2D eigenvalue weighted by Crippen LogP contribution is 2.28. The molecule has 1 aromatic heterocycles. The number of nitrogens with zero attached hydrogens (tertiary/aromatic N) is 2. The van der Waals surface area contributed by atoms with Crippen LogP contribution in [-0.4, -0.2) is 16.7 Å². The summed E-state index contributed by atoms with van der Waals surface area (Å²) in [4.78, 5) is 3.34. The summed E-state index contributed by atoms with van der Waals surface area (Å²) >= 11 is 0. The smallest absolute Gasteiger partial charge is 0.337 e. The summed E-state index contributed by atoms with van der Waals surface area (Å²) in [6.07, 6.45) is -1.81. The molecule has 1 aliphatic rings. The average molecular weight is 221 g/mol. The van der Waals surface area contributed by atoms with E-state index in [1.165, 1.54) is 0 Å². The molecule has 1 aromatic rings. The molecule has 7 heteroatoms. The maximum Gasteiger partial charge on any atom is 0.455 e. The normalized spacial score (nSPS) is 23.0. The molecule has 1 N–H and O–H groups in total. The van der Waals surface area contributed by atoms with Gasteiger partial charge in [-0.3, -0.25) is 0 Å². The minimum absolute atomic E-state index is 0.0297. The van der Waals surface area contributed by atoms with Crippen molar-refractivity contribution in [1.82, 2.24) is 15.5 Å². The Bertz CT molecular complexity index is 330. The predicted molar refractivity (Wildman–Crippen MR) is 43.9 cm³/mol. The third-order valence-electron chi connectivity index (χ3n) is 2.30. The van der Waals surface area contributed by atoms with E-state index in [2.05, 4.69) is 20.0 Å². The second-order valence-corrected chi connectivity index (χ2v) is 3.46. The molecule has 0 bridgehead atoms. The van der Waals surface area contributed by atoms with Gasteiger partial charge in [-0.2, -0.15) is 18.2 Å². The summed E-state index contributed by atoms with van der Waals surface area (Å²) in [6, 6.07) is -0.234. The Labute approximate surface area is 83.8 Å². The van der Waals surface area contributed by atoms with Gasteiger partial charge >= 0.3 is 6.18 Å². The molecule has 2 rings (SSSR count). The fraction of sp³-hybridized carbons (Fsp3) is 0.750. The molecule has 0 aliphatic carbocycles. The van der Waals surface area contributed by atoms with Crippen molar-refractivity contribution >= 4 is 0 Å². The van der Waals surface area contributed by atoms with E-state index in [4.69, 9.17) is 0 Å². The molecular weight excluding hydrogens is 211 g/mol. The molecular formula is C8H10F3N3O. The Morgan fingerprint density at radius 1 is 1.33 bits per heavy atom. The molecule has 84 valence electrons. The van der Waals surface area contributed by atoms with E-state index in [1.54, 1.807) is 0 Å². The number of hydrogen-bond donors (Lipinski definition) is 1. The van der Waals surface area contributed by atoms with Crippen molar-refractivity contribution in [1.29, 1.82) is 0 Å². The van der Waals surface area contributed by atoms with Gasteiger partial charge in [0, 0.05) is 0 Å². The second kappa shape index (κ2) is 3.80. The van der Waals surface area contributed by atoms with E-state index in [0.717, 1.165) is 25.8 Å². The highest BCUT2D eigenvalue weighted by atomic mass is 19.4. The van der Waals surface area contributed by atoms with Crippen LogP contribution in [0.3, 0.4) is 0 Å². The van der Waals surface area contributed by atoms with Crippen molar-refractivity contribution in [3.8, 4) is 0 Å². The van der Waals surface area contributed by atoms with E-state index in [0.29, 0.717) is 0 Å². The number of piperidine rings is 1. The van der Waals surface area contributed by atoms with Crippen LogP contribution in [0, 0.1) is 0 Å². The molecule has 15 heavy (non-hydrogen) atoms. The number of nitrogens with one attached hydrogen (secondary N) is 1. The summed E-state index contributed by atoms with van der Waals surface area (Å²) in [5, 5.41) is 5.95. The highest BCUT2D eigenvalue weighted by molar-refractivity contribution is 4.96. The topological polar surface area (TPSA) is 51.0 Å². The van der Waals surface area contributed by atoms with E-state index in [1.807, 2.05) is 0 Å². The van der Waals surface area contributed by atoms with E-state index in [-0.39, 0.29) is 11.9 Å². The van der Waals surface area contributed by atoms with Crippen LogP contribution in [0.2, 0.25) is 0 Å². The van der Waals surface area contributed by atoms with Crippen molar-refractivity contribution in [3.05, 3.63) is 11.7 Å². The number of hydrogen-bond acceptors (Lipinski definition) is 4. The lowest BCUT2D eigenvalue weighted by atomic mass is 10.1. The zero-order chi connectivity index (χ0) is 10.9. The molecule has 1 saturated heterocycles. The van der Waals surface area contributed by atoms with Gasteiger partial charge in [0.15, 0.2) is 0 Å². The van der Waals surface area contributed by atoms with Gasteiger partial charge in [-0.25, -0.2) is 0 Å². The van der Waals surface area contributed by atoms with Crippen LogP contribution in [0.25, 0.3) is 0 Å². The van der Waals surface area contributed by atoms with Crippen LogP contribution in [0.15, 0.2) is 4.52 Å². The first-order valence-electron chi connectivity index (χ1n) is 4.71. The summed E-state index contributed by atoms with van der Waals surface area (Å²) in [6.45, 7) is 0.772. The van der Waals surface area contributed by atoms with Gasteiger partial charge in [0.25, 0.3) is 5.82 Å². The minimum Gasteiger partial charge on any atom is -0.337 e. The number of aromatic nitrogens is 2. The predicted octanol–water partition coefficient (Wildman–Crippen LogP) is 1.90. The van der Waals surface area contributed by atoms with Crippen LogP contribution in [0.4, 0.5) is 13.2 Å². The molecule has 0 amide bonds. The fourth-order valence-corrected chi connectivity index (χ4v) is 1.55. The molecule has 1 aliphatic heterocycles. The van der Waals surface area contributed by atoms with Crippen LogP contribution in [0.5, 0.6) is 0 Å². The first kappa shape index (κ1) is 10.4. The summed E-state index contributed by atoms with van der Waals surface area (Å²) in [5.74, 6) is -1.17. The van der Waals surface area contributed by atoms with Crippen molar-refractivity contribution in [2.75, 3.05) is 6.54 Å². The first-order valence-corrected chi connectivity index (χ1v) is 4.71. The Kier molecular flexibility index (Phi) is 2.64. The van der Waals surface area contributed by atoms with Crippen molar-refractivity contribution in [2.45, 2.75) is 31.5 Å². The Hall–Kier alpha value is -1.11. The third kappa shape index (κ3) is 2.28. The largest absolute Gasteiger partial charge is 0.455 e. The zero-order valence-electron chi connectivity index (χ0n) is 7.84. The summed E-state index contributed by atoms with van der Waals surface area (Å²) < 4.78 is 41.1. The van der Waals surface area contributed by atoms with Crippen LogP contribution in [0.1, 0.15) is 37.0 Å². The lowest BCUT2D eigenvalue weighted by Crippen LogP contribution is -2.27. The molecule has 0 saturated carbocycles. The Morgan fingerprint density at radius 3 is 2.67 bits per heavy atom. The zero-order valence-corrected chi connectivity index (χ0v) is 7.84. The molecule has 2 heterocycles. The second-order valence-electron chi connectivity index (χ2n) is 3.46. The SMILES string of the molecule is FC(F)(F)c1noc([C@H]2CCCCN2)n1. The molecule has 0 spiro atoms. The molecule has 1 fully saturated rings. The highest BCUT2D eigenvalue weighted by Gasteiger charge is 2.38. The van der Waals surface area contributed by atoms with Gasteiger partial charge in [-0.05, 0) is 19.4 Å². The first-order chi connectivity index (χ1) is 7.07. The number of halogens is 3. The maximum atomic E-state index is 12.2. The lowest BCUT2D eigenvalue weighted by molar-refractivity contribution is -0.146. The van der Waals surface area contributed by atoms with Gasteiger partial charge in [0.2, 0.25) is 5.89 Å². The van der Waals surface area contributed by atoms with Gasteiger partial charge in [0.1, 0.15) is 0 Å². The van der Waals surface area contributed by atoms with Gasteiger partial charge in [-0.15, -0.1) is 0 Å². The molecule has 0 unspecified atom stereocenters. The molecule has 0 aromatic carbocycles. The number of rotatable bonds is 1. The Morgan fingerprint density at radius 2 is 2.13 bits per heavy atom. The van der Waals surface area contributed by atoms with E-state index < -0.39 is 12.0 Å². The van der Waals surface area contributed by atoms with Crippen LogP contribution >= 0.6 is 0 Å². The molecule has 1 atom stereocenters. The van der Waals surface area contributed by atoms with Gasteiger partial charge in [-0.1, -0.05) is 11.6 Å². The molecule has 0 radical (unpaired) electrons. The average Bonchev–Trinajstić information content (AvgIpc) is 2.67. The van der Waals surface area contributed by atoms with Gasteiger partial charge < -0.3 is 9.84 Å². The minimum atomic E-state index is -4.53. The van der Waals surface area contributed by atoms with Crippen LogP contribution in [-0.2, 0) is 6.18 Å². The van der Waals surface area contributed by atoms with E-state index in [9.17, 15) is 13.2 Å². The van der Waals surface area contributed by atoms with Crippen molar-refractivity contribution in [2.24, 2.45) is 0 Å². The van der Waals surface area contributed by atoms with Crippen molar-refractivity contribution < 1.29 is 17.7 Å². The summed E-state index contributed by atoms with van der Waals surface area (Å²) in [5.41, 5.74) is 0. The van der Waals surface area contributed by atoms with Gasteiger partial charge in [0.05, 0.1) is 6.04 Å². The monoisotopic (exact) mass is 221 g/mol. The van der Waals surface area contributed by atoms with E-state index >= 15 is 0 Å². The number of alkyl halides is 3. The summed E-state index contributed by atoms with van der Waals surface area (Å²) in [7, 11) is 0. The van der Waals surface area contributed by atoms with Crippen molar-refractivity contribution in [3.63, 3.8) is 0 Å². The maximum absolute atomic E-state index is 12.2. The lowest BCUT2D eigenvalue weighted by Gasteiger charge is -2.19. The third-order valence-corrected chi connectivity index (χ3v) is 2.30. The fourth-order valence-electron chi connectivity index (χ4n) is 1.55. The quantitative estimate of drug-likeness (QED) is 0.786. The standard InChI is InChI=1S/C8H10F3N3O/c9-8(10,11)7-13-6(15-14-7)5-3-1-2-4-12-5/h5,12H,1-4H2/t5-/m1/s1. The Balaban J connectivity index is 2.12. The van der Waals surface area contributed by atoms with Crippen LogP contribution < -0.4 is 5.32 Å². The molecule has 4 nitrogen and oxygen atoms in total.